The van der Waals surface area contributed by atoms with Crippen molar-refractivity contribution in [3.05, 3.63) is 53.9 Å². The van der Waals surface area contributed by atoms with Crippen molar-refractivity contribution >= 4 is 29.9 Å². The number of aromatic nitrogens is 2. The Morgan fingerprint density at radius 3 is 2.41 bits per heavy atom. The zero-order valence-electron chi connectivity index (χ0n) is 16.9. The largest absolute Gasteiger partial charge is 0.357 e. The second-order valence-corrected chi connectivity index (χ2v) is 6.25. The quantitative estimate of drug-likeness (QED) is 0.326. The van der Waals surface area contributed by atoms with Crippen molar-refractivity contribution in [1.82, 2.24) is 25.3 Å². The molecule has 0 spiro atoms. The maximum Gasteiger partial charge on any atom is 0.191 e. The summed E-state index contributed by atoms with van der Waals surface area (Å²) in [5.41, 5.74) is 2.43. The summed E-state index contributed by atoms with van der Waals surface area (Å²) in [7, 11) is 1.92. The number of halogens is 1. The maximum atomic E-state index is 4.70. The highest BCUT2D eigenvalue weighted by molar-refractivity contribution is 14.0. The van der Waals surface area contributed by atoms with Gasteiger partial charge < -0.3 is 10.6 Å². The van der Waals surface area contributed by atoms with Gasteiger partial charge in [-0.3, -0.25) is 9.58 Å². The van der Waals surface area contributed by atoms with Crippen molar-refractivity contribution in [2.24, 2.45) is 12.0 Å². The van der Waals surface area contributed by atoms with Crippen LogP contribution >= 0.6 is 24.0 Å². The first-order valence-electron chi connectivity index (χ1n) is 9.46. The molecule has 0 radical (unpaired) electrons. The van der Waals surface area contributed by atoms with Gasteiger partial charge in [0.25, 0.3) is 0 Å². The lowest BCUT2D eigenvalue weighted by atomic mass is 10.1. The molecule has 0 saturated heterocycles. The van der Waals surface area contributed by atoms with E-state index in [-0.39, 0.29) is 24.0 Å². The number of hydrogen-bond acceptors (Lipinski definition) is 3. The van der Waals surface area contributed by atoms with Gasteiger partial charge in [0.05, 0.1) is 18.8 Å². The van der Waals surface area contributed by atoms with Crippen molar-refractivity contribution < 1.29 is 0 Å². The van der Waals surface area contributed by atoms with Crippen LogP contribution < -0.4 is 10.6 Å². The lowest BCUT2D eigenvalue weighted by molar-refractivity contribution is 0.219. The van der Waals surface area contributed by atoms with Crippen molar-refractivity contribution in [3.8, 4) is 0 Å². The van der Waals surface area contributed by atoms with E-state index in [1.807, 2.05) is 19.4 Å². The highest BCUT2D eigenvalue weighted by atomic mass is 127. The SMILES string of the molecule is CCNC(=NCc1cnn(C)c1)NCC(c1ccccc1)N(CC)CC.I. The van der Waals surface area contributed by atoms with Crippen molar-refractivity contribution in [3.63, 3.8) is 0 Å². The molecule has 1 unspecified atom stereocenters. The fourth-order valence-electron chi connectivity index (χ4n) is 3.06. The Labute approximate surface area is 180 Å². The van der Waals surface area contributed by atoms with Crippen LogP contribution in [0, 0.1) is 0 Å². The van der Waals surface area contributed by atoms with Crippen LogP contribution in [0.2, 0.25) is 0 Å². The Balaban J connectivity index is 0.00000364. The van der Waals surface area contributed by atoms with Crippen molar-refractivity contribution in [2.45, 2.75) is 33.4 Å². The maximum absolute atomic E-state index is 4.70. The zero-order chi connectivity index (χ0) is 18.8. The molecule has 0 aliphatic heterocycles. The Kier molecular flexibility index (Phi) is 11.0. The van der Waals surface area contributed by atoms with Crippen LogP contribution in [-0.2, 0) is 13.6 Å². The summed E-state index contributed by atoms with van der Waals surface area (Å²) in [5, 5.41) is 11.0. The molecule has 1 aromatic heterocycles. The van der Waals surface area contributed by atoms with Crippen LogP contribution in [0.5, 0.6) is 0 Å². The molecule has 1 atom stereocenters. The summed E-state index contributed by atoms with van der Waals surface area (Å²) in [6, 6.07) is 11.0. The van der Waals surface area contributed by atoms with E-state index >= 15 is 0 Å². The first-order chi connectivity index (χ1) is 12.7. The van der Waals surface area contributed by atoms with Gasteiger partial charge in [-0.25, -0.2) is 4.99 Å². The standard InChI is InChI=1S/C20H32N6.HI/c1-5-21-20(22-13-17-14-24-25(4)16-17)23-15-19(26(6-2)7-3)18-11-9-8-10-12-18;/h8-12,14,16,19H,5-7,13,15H2,1-4H3,(H2,21,22,23);1H. The summed E-state index contributed by atoms with van der Waals surface area (Å²) >= 11 is 0. The highest BCUT2D eigenvalue weighted by Gasteiger charge is 2.18. The smallest absolute Gasteiger partial charge is 0.191 e. The summed E-state index contributed by atoms with van der Waals surface area (Å²) < 4.78 is 1.80. The van der Waals surface area contributed by atoms with E-state index in [0.29, 0.717) is 12.6 Å². The Morgan fingerprint density at radius 1 is 1.15 bits per heavy atom. The van der Waals surface area contributed by atoms with Gasteiger partial charge in [0.2, 0.25) is 0 Å². The van der Waals surface area contributed by atoms with Gasteiger partial charge in [0.1, 0.15) is 0 Å². The second kappa shape index (κ2) is 12.7. The van der Waals surface area contributed by atoms with Gasteiger partial charge in [0.15, 0.2) is 5.96 Å². The zero-order valence-corrected chi connectivity index (χ0v) is 19.2. The van der Waals surface area contributed by atoms with E-state index in [1.54, 1.807) is 4.68 Å². The summed E-state index contributed by atoms with van der Waals surface area (Å²) in [6.45, 7) is 10.8. The van der Waals surface area contributed by atoms with Crippen LogP contribution in [0.4, 0.5) is 0 Å². The molecule has 0 aliphatic carbocycles. The molecule has 2 rings (SSSR count). The normalized spacial score (nSPS) is 12.6. The topological polar surface area (TPSA) is 57.5 Å². The molecule has 0 saturated carbocycles. The monoisotopic (exact) mass is 484 g/mol. The fraction of sp³-hybridized carbons (Fsp3) is 0.500. The number of benzene rings is 1. The summed E-state index contributed by atoms with van der Waals surface area (Å²) in [5.74, 6) is 0.837. The first kappa shape index (κ1) is 23.4. The molecular weight excluding hydrogens is 451 g/mol. The lowest BCUT2D eigenvalue weighted by Gasteiger charge is -2.30. The minimum atomic E-state index is 0. The third-order valence-corrected chi connectivity index (χ3v) is 4.42. The molecule has 7 heteroatoms. The molecule has 0 bridgehead atoms. The number of nitrogens with zero attached hydrogens (tertiary/aromatic N) is 4. The summed E-state index contributed by atoms with van der Waals surface area (Å²) in [6.07, 6.45) is 3.85. The molecule has 1 heterocycles. The minimum Gasteiger partial charge on any atom is -0.357 e. The van der Waals surface area contributed by atoms with Crippen LogP contribution in [0.1, 0.15) is 37.9 Å². The predicted octanol–water partition coefficient (Wildman–Crippen LogP) is 3.18. The molecule has 0 amide bonds. The first-order valence-corrected chi connectivity index (χ1v) is 9.46. The van der Waals surface area contributed by atoms with Gasteiger partial charge in [-0.2, -0.15) is 5.10 Å². The van der Waals surface area contributed by atoms with Gasteiger partial charge in [-0.05, 0) is 25.6 Å². The average molecular weight is 484 g/mol. The van der Waals surface area contributed by atoms with Crippen LogP contribution in [-0.4, -0.2) is 46.8 Å². The molecule has 0 fully saturated rings. The third-order valence-electron chi connectivity index (χ3n) is 4.42. The van der Waals surface area contributed by atoms with E-state index in [9.17, 15) is 0 Å². The molecular formula is C20H33IN6. The molecule has 150 valence electrons. The number of rotatable bonds is 9. The number of nitrogens with one attached hydrogen (secondary N) is 2. The highest BCUT2D eigenvalue weighted by Crippen LogP contribution is 2.19. The molecule has 27 heavy (non-hydrogen) atoms. The Bertz CT molecular complexity index is 666. The molecule has 2 aromatic rings. The van der Waals surface area contributed by atoms with Gasteiger partial charge in [-0.1, -0.05) is 44.2 Å². The van der Waals surface area contributed by atoms with Gasteiger partial charge in [-0.15, -0.1) is 24.0 Å². The van der Waals surface area contributed by atoms with Gasteiger partial charge in [0, 0.05) is 31.9 Å². The number of aryl methyl sites for hydroxylation is 1. The van der Waals surface area contributed by atoms with Crippen LogP contribution in [0.15, 0.2) is 47.7 Å². The van der Waals surface area contributed by atoms with E-state index in [0.717, 1.165) is 37.7 Å². The summed E-state index contributed by atoms with van der Waals surface area (Å²) in [4.78, 5) is 7.16. The van der Waals surface area contributed by atoms with E-state index in [2.05, 4.69) is 71.7 Å². The molecule has 6 nitrogen and oxygen atoms in total. The molecule has 2 N–H and O–H groups in total. The Morgan fingerprint density at radius 2 is 1.85 bits per heavy atom. The number of guanidine groups is 1. The van der Waals surface area contributed by atoms with E-state index in [4.69, 9.17) is 4.99 Å². The average Bonchev–Trinajstić information content (AvgIpc) is 3.09. The van der Waals surface area contributed by atoms with Crippen molar-refractivity contribution in [2.75, 3.05) is 26.2 Å². The van der Waals surface area contributed by atoms with Gasteiger partial charge >= 0.3 is 0 Å². The van der Waals surface area contributed by atoms with E-state index < -0.39 is 0 Å². The number of aliphatic imine (C=N–C) groups is 1. The number of likely N-dealkylation sites (N-methyl/N-ethyl adjacent to an activating group) is 1. The molecule has 1 aromatic carbocycles. The second-order valence-electron chi connectivity index (χ2n) is 6.25. The minimum absolute atomic E-state index is 0. The fourth-order valence-corrected chi connectivity index (χ4v) is 3.06. The van der Waals surface area contributed by atoms with E-state index in [1.165, 1.54) is 5.56 Å². The van der Waals surface area contributed by atoms with Crippen LogP contribution in [0.3, 0.4) is 0 Å². The third kappa shape index (κ3) is 7.50. The Hall–Kier alpha value is -1.61. The predicted molar refractivity (Wildman–Crippen MR) is 124 cm³/mol. The van der Waals surface area contributed by atoms with Crippen LogP contribution in [0.25, 0.3) is 0 Å². The lowest BCUT2D eigenvalue weighted by Crippen LogP contribution is -2.43. The number of hydrogen-bond donors (Lipinski definition) is 2. The molecule has 0 aliphatic rings. The van der Waals surface area contributed by atoms with Crippen molar-refractivity contribution in [1.29, 1.82) is 0 Å².